The zero-order valence-corrected chi connectivity index (χ0v) is 21.1. The van der Waals surface area contributed by atoms with Gasteiger partial charge in [0, 0.05) is 55.6 Å². The Kier molecular flexibility index (Phi) is 5.76. The Morgan fingerprint density at radius 1 is 1.03 bits per heavy atom. The van der Waals surface area contributed by atoms with Gasteiger partial charge in [0.1, 0.15) is 17.0 Å². The van der Waals surface area contributed by atoms with Crippen LogP contribution in [0.4, 0.5) is 4.39 Å². The predicted octanol–water partition coefficient (Wildman–Crippen LogP) is 3.68. The predicted molar refractivity (Wildman–Crippen MR) is 139 cm³/mol. The molecular weight excluding hydrogens is 457 g/mol. The van der Waals surface area contributed by atoms with E-state index < -0.39 is 0 Å². The van der Waals surface area contributed by atoms with E-state index in [0.717, 1.165) is 66.9 Å². The smallest absolute Gasteiger partial charge is 0.255 e. The maximum atomic E-state index is 15.4. The summed E-state index contributed by atoms with van der Waals surface area (Å²) in [7, 11) is 4.21. The van der Waals surface area contributed by atoms with Crippen LogP contribution in [0.2, 0.25) is 0 Å². The van der Waals surface area contributed by atoms with Crippen LogP contribution >= 0.6 is 0 Å². The SMILES string of the molecule is Cc1nc2c(F)cc(-c3c[nH]c4ncc(C(=O)N5CCN(C)CC5)cc34)cc2n1C1CCN(C)CC1. The quantitative estimate of drug-likeness (QED) is 0.475. The largest absolute Gasteiger partial charge is 0.346 e. The van der Waals surface area contributed by atoms with Crippen LogP contribution in [0.5, 0.6) is 0 Å². The van der Waals surface area contributed by atoms with E-state index in [1.807, 2.05) is 30.2 Å². The fraction of sp³-hybridized carbons (Fsp3) is 0.444. The minimum absolute atomic E-state index is 0.0118. The Hall–Kier alpha value is -3.30. The van der Waals surface area contributed by atoms with Gasteiger partial charge in [-0.15, -0.1) is 0 Å². The average molecular weight is 490 g/mol. The maximum Gasteiger partial charge on any atom is 0.255 e. The highest BCUT2D eigenvalue weighted by Crippen LogP contribution is 2.35. The Morgan fingerprint density at radius 2 is 1.75 bits per heavy atom. The number of nitrogens with one attached hydrogen (secondary N) is 1. The number of likely N-dealkylation sites (N-methyl/N-ethyl adjacent to an activating group) is 1. The molecule has 5 heterocycles. The molecule has 1 aromatic carbocycles. The van der Waals surface area contributed by atoms with Gasteiger partial charge in [-0.3, -0.25) is 4.79 Å². The molecule has 6 rings (SSSR count). The molecule has 188 valence electrons. The summed E-state index contributed by atoms with van der Waals surface area (Å²) in [5, 5.41) is 0.816. The van der Waals surface area contributed by atoms with E-state index in [4.69, 9.17) is 0 Å². The number of aryl methyl sites for hydroxylation is 1. The Labute approximate surface area is 209 Å². The van der Waals surface area contributed by atoms with Gasteiger partial charge in [0.15, 0.2) is 5.82 Å². The lowest BCUT2D eigenvalue weighted by molar-refractivity contribution is 0.0664. The lowest BCUT2D eigenvalue weighted by atomic mass is 10.0. The fourth-order valence-electron chi connectivity index (χ4n) is 5.69. The third kappa shape index (κ3) is 3.96. The van der Waals surface area contributed by atoms with Crippen LogP contribution in [0.15, 0.2) is 30.6 Å². The Bertz CT molecular complexity index is 1440. The van der Waals surface area contributed by atoms with E-state index in [9.17, 15) is 4.79 Å². The number of aromatic amines is 1. The van der Waals surface area contributed by atoms with E-state index in [0.29, 0.717) is 35.9 Å². The first-order valence-electron chi connectivity index (χ1n) is 12.7. The number of hydrogen-bond acceptors (Lipinski definition) is 5. The van der Waals surface area contributed by atoms with Gasteiger partial charge in [0.2, 0.25) is 0 Å². The topological polar surface area (TPSA) is 73.3 Å². The highest BCUT2D eigenvalue weighted by molar-refractivity contribution is 6.02. The third-order valence-corrected chi connectivity index (χ3v) is 7.86. The van der Waals surface area contributed by atoms with Gasteiger partial charge >= 0.3 is 0 Å². The number of hydrogen-bond donors (Lipinski definition) is 1. The molecular formula is C27H32FN7O. The lowest BCUT2D eigenvalue weighted by Gasteiger charge is -2.32. The highest BCUT2D eigenvalue weighted by atomic mass is 19.1. The van der Waals surface area contributed by atoms with Crippen molar-refractivity contribution in [2.75, 3.05) is 53.4 Å². The number of nitrogens with zero attached hydrogens (tertiary/aromatic N) is 6. The molecule has 1 N–H and O–H groups in total. The van der Waals surface area contributed by atoms with E-state index in [-0.39, 0.29) is 11.7 Å². The number of carbonyl (C=O) groups is 1. The van der Waals surface area contributed by atoms with Crippen LogP contribution in [-0.2, 0) is 0 Å². The highest BCUT2D eigenvalue weighted by Gasteiger charge is 2.25. The first kappa shape index (κ1) is 23.1. The number of imidazole rings is 1. The van der Waals surface area contributed by atoms with Crippen molar-refractivity contribution in [1.29, 1.82) is 0 Å². The van der Waals surface area contributed by atoms with Crippen molar-refractivity contribution >= 4 is 28.0 Å². The minimum atomic E-state index is -0.329. The molecule has 2 aliphatic rings. The molecule has 2 saturated heterocycles. The summed E-state index contributed by atoms with van der Waals surface area (Å²) in [5.74, 6) is 0.503. The molecule has 0 saturated carbocycles. The zero-order valence-electron chi connectivity index (χ0n) is 21.1. The van der Waals surface area contributed by atoms with E-state index in [1.54, 1.807) is 12.3 Å². The molecule has 3 aromatic heterocycles. The molecule has 0 bridgehead atoms. The summed E-state index contributed by atoms with van der Waals surface area (Å²) >= 11 is 0. The van der Waals surface area contributed by atoms with Crippen molar-refractivity contribution in [2.24, 2.45) is 0 Å². The standard InChI is InChI=1S/C27H32FN7O/c1-17-31-25-23(28)13-18(14-24(25)35(17)20-4-6-32(2)7-5-20)22-16-30-26-21(22)12-19(15-29-26)27(36)34-10-8-33(3)9-11-34/h12-16,20H,4-11H2,1-3H3,(H,29,30). The number of aromatic nitrogens is 4. The molecule has 0 atom stereocenters. The minimum Gasteiger partial charge on any atom is -0.346 e. The second-order valence-electron chi connectivity index (χ2n) is 10.3. The van der Waals surface area contributed by atoms with Gasteiger partial charge in [0.05, 0.1) is 11.1 Å². The first-order valence-corrected chi connectivity index (χ1v) is 12.7. The van der Waals surface area contributed by atoms with Crippen LogP contribution in [0, 0.1) is 12.7 Å². The number of amides is 1. The van der Waals surface area contributed by atoms with E-state index in [2.05, 4.69) is 43.4 Å². The lowest BCUT2D eigenvalue weighted by Crippen LogP contribution is -2.47. The molecule has 9 heteroatoms. The number of benzene rings is 1. The van der Waals surface area contributed by atoms with Crippen LogP contribution in [-0.4, -0.2) is 93.5 Å². The number of H-pyrrole nitrogens is 1. The van der Waals surface area contributed by atoms with Gasteiger partial charge in [-0.25, -0.2) is 14.4 Å². The van der Waals surface area contributed by atoms with Crippen LogP contribution in [0.25, 0.3) is 33.2 Å². The third-order valence-electron chi connectivity index (χ3n) is 7.86. The van der Waals surface area contributed by atoms with Crippen molar-refractivity contribution in [3.05, 3.63) is 47.8 Å². The normalized spacial score (nSPS) is 18.5. The fourth-order valence-corrected chi connectivity index (χ4v) is 5.69. The van der Waals surface area contributed by atoms with Gasteiger partial charge < -0.3 is 24.3 Å². The van der Waals surface area contributed by atoms with Crippen molar-refractivity contribution < 1.29 is 9.18 Å². The Balaban J connectivity index is 1.40. The summed E-state index contributed by atoms with van der Waals surface area (Å²) in [6, 6.07) is 5.77. The maximum absolute atomic E-state index is 15.4. The van der Waals surface area contributed by atoms with Crippen molar-refractivity contribution in [1.82, 2.24) is 34.2 Å². The van der Waals surface area contributed by atoms with Crippen LogP contribution in [0.3, 0.4) is 0 Å². The van der Waals surface area contributed by atoms with Crippen LogP contribution < -0.4 is 0 Å². The summed E-state index contributed by atoms with van der Waals surface area (Å²) in [6.45, 7) is 7.13. The van der Waals surface area contributed by atoms with Crippen molar-refractivity contribution in [2.45, 2.75) is 25.8 Å². The Morgan fingerprint density at radius 3 is 2.50 bits per heavy atom. The van der Waals surface area contributed by atoms with Gasteiger partial charge in [-0.1, -0.05) is 0 Å². The number of piperazine rings is 1. The molecule has 8 nitrogen and oxygen atoms in total. The van der Waals surface area contributed by atoms with E-state index in [1.165, 1.54) is 0 Å². The number of carbonyl (C=O) groups excluding carboxylic acids is 1. The summed E-state index contributed by atoms with van der Waals surface area (Å²) in [4.78, 5) is 31.9. The van der Waals surface area contributed by atoms with Crippen LogP contribution in [0.1, 0.15) is 35.1 Å². The van der Waals surface area contributed by atoms with Crippen molar-refractivity contribution in [3.8, 4) is 11.1 Å². The molecule has 0 unspecified atom stereocenters. The van der Waals surface area contributed by atoms with Crippen molar-refractivity contribution in [3.63, 3.8) is 0 Å². The molecule has 0 radical (unpaired) electrons. The number of likely N-dealkylation sites (tertiary alicyclic amines) is 1. The monoisotopic (exact) mass is 489 g/mol. The number of halogens is 1. The molecule has 0 aliphatic carbocycles. The number of pyridine rings is 1. The molecule has 2 aliphatic heterocycles. The number of fused-ring (bicyclic) bond motifs is 2. The molecule has 36 heavy (non-hydrogen) atoms. The van der Waals surface area contributed by atoms with Gasteiger partial charge in [0.25, 0.3) is 5.91 Å². The molecule has 1 amide bonds. The van der Waals surface area contributed by atoms with Gasteiger partial charge in [-0.2, -0.15) is 0 Å². The van der Waals surface area contributed by atoms with E-state index >= 15 is 4.39 Å². The van der Waals surface area contributed by atoms with Gasteiger partial charge in [-0.05, 0) is 70.7 Å². The molecule has 0 spiro atoms. The summed E-state index contributed by atoms with van der Waals surface area (Å²) < 4.78 is 17.6. The summed E-state index contributed by atoms with van der Waals surface area (Å²) in [6.07, 6.45) is 5.52. The number of piperidine rings is 1. The second-order valence-corrected chi connectivity index (χ2v) is 10.3. The molecule has 4 aromatic rings. The summed E-state index contributed by atoms with van der Waals surface area (Å²) in [5.41, 5.74) is 4.07. The first-order chi connectivity index (χ1) is 17.4. The second kappa shape index (κ2) is 8.97. The number of rotatable bonds is 3. The zero-order chi connectivity index (χ0) is 25.0. The average Bonchev–Trinajstić information content (AvgIpc) is 3.45. The molecule has 2 fully saturated rings.